The van der Waals surface area contributed by atoms with Gasteiger partial charge in [0, 0.05) is 12.1 Å². The van der Waals surface area contributed by atoms with Gasteiger partial charge >= 0.3 is 0 Å². The fraction of sp³-hybridized carbons (Fsp3) is 0. The smallest absolute Gasteiger partial charge is 0.172 e. The quantitative estimate of drug-likeness (QED) is 0.660. The molecule has 0 saturated heterocycles. The number of aromatic nitrogens is 1. The highest BCUT2D eigenvalue weighted by molar-refractivity contribution is 5.71. The summed E-state index contributed by atoms with van der Waals surface area (Å²) in [5.41, 5.74) is 5.64. The predicted octanol–water partition coefficient (Wildman–Crippen LogP) is 1.21. The Kier molecular flexibility index (Phi) is 2.14. The van der Waals surface area contributed by atoms with E-state index >= 15 is 0 Å². The van der Waals surface area contributed by atoms with Crippen molar-refractivity contribution in [1.82, 2.24) is 5.16 Å². The zero-order chi connectivity index (χ0) is 11.7. The van der Waals surface area contributed by atoms with Crippen LogP contribution in [0.15, 0.2) is 22.7 Å². The number of hydrogen-bond acceptors (Lipinski definition) is 6. The lowest BCUT2D eigenvalue weighted by molar-refractivity contribution is 0.426. The molecule has 1 aromatic carbocycles. The molecule has 0 unspecified atom stereocenters. The van der Waals surface area contributed by atoms with Gasteiger partial charge in [0.15, 0.2) is 11.6 Å². The van der Waals surface area contributed by atoms with E-state index in [0.29, 0.717) is 0 Å². The van der Waals surface area contributed by atoms with E-state index in [1.54, 1.807) is 6.07 Å². The van der Waals surface area contributed by atoms with E-state index in [2.05, 4.69) is 5.16 Å². The van der Waals surface area contributed by atoms with E-state index in [1.807, 2.05) is 0 Å². The molecule has 1 aromatic heterocycles. The maximum absolute atomic E-state index is 9.58. The van der Waals surface area contributed by atoms with Crippen molar-refractivity contribution in [3.63, 3.8) is 0 Å². The SMILES string of the molecule is N#Cc1cc(-c2cc(N)no2)c(O)cc1O. The molecule has 0 aliphatic carbocycles. The van der Waals surface area contributed by atoms with Gasteiger partial charge < -0.3 is 20.5 Å². The molecule has 6 nitrogen and oxygen atoms in total. The Hall–Kier alpha value is -2.68. The number of nitrogen functional groups attached to an aromatic ring is 1. The van der Waals surface area contributed by atoms with Crippen molar-refractivity contribution in [1.29, 1.82) is 5.26 Å². The number of nitriles is 1. The van der Waals surface area contributed by atoms with Crippen LogP contribution >= 0.6 is 0 Å². The summed E-state index contributed by atoms with van der Waals surface area (Å²) in [4.78, 5) is 0. The molecule has 0 fully saturated rings. The van der Waals surface area contributed by atoms with Crippen LogP contribution in [-0.2, 0) is 0 Å². The monoisotopic (exact) mass is 217 g/mol. The zero-order valence-corrected chi connectivity index (χ0v) is 8.01. The second kappa shape index (κ2) is 3.47. The van der Waals surface area contributed by atoms with Gasteiger partial charge in [-0.15, -0.1) is 0 Å². The topological polar surface area (TPSA) is 116 Å². The van der Waals surface area contributed by atoms with Gasteiger partial charge in [-0.05, 0) is 6.07 Å². The largest absolute Gasteiger partial charge is 0.507 e. The van der Waals surface area contributed by atoms with E-state index in [0.717, 1.165) is 6.07 Å². The van der Waals surface area contributed by atoms with Crippen molar-refractivity contribution in [2.45, 2.75) is 0 Å². The number of rotatable bonds is 1. The summed E-state index contributed by atoms with van der Waals surface area (Å²) in [6.45, 7) is 0. The standard InChI is InChI=1S/C10H7N3O3/c11-4-5-1-6(8(15)2-7(5)14)9-3-10(12)13-16-9/h1-3,14-15H,(H2,12,13). The van der Waals surface area contributed by atoms with Crippen LogP contribution in [0.4, 0.5) is 5.82 Å². The van der Waals surface area contributed by atoms with Gasteiger partial charge in [-0.2, -0.15) is 5.26 Å². The summed E-state index contributed by atoms with van der Waals surface area (Å²) in [6, 6.07) is 5.55. The third-order valence-electron chi connectivity index (χ3n) is 2.03. The molecule has 0 atom stereocenters. The van der Waals surface area contributed by atoms with Crippen LogP contribution < -0.4 is 5.73 Å². The van der Waals surface area contributed by atoms with Crippen molar-refractivity contribution >= 4 is 5.82 Å². The minimum Gasteiger partial charge on any atom is -0.507 e. The Morgan fingerprint density at radius 1 is 1.25 bits per heavy atom. The number of nitrogens with zero attached hydrogens (tertiary/aromatic N) is 2. The molecule has 0 aliphatic heterocycles. The van der Waals surface area contributed by atoms with Crippen molar-refractivity contribution in [2.75, 3.05) is 5.73 Å². The molecular formula is C10H7N3O3. The van der Waals surface area contributed by atoms with Crippen LogP contribution in [0.1, 0.15) is 5.56 Å². The van der Waals surface area contributed by atoms with Gasteiger partial charge in [-0.3, -0.25) is 0 Å². The van der Waals surface area contributed by atoms with Crippen molar-refractivity contribution in [3.05, 3.63) is 23.8 Å². The van der Waals surface area contributed by atoms with Crippen LogP contribution in [0.5, 0.6) is 11.5 Å². The lowest BCUT2D eigenvalue weighted by Crippen LogP contribution is -1.82. The molecule has 0 spiro atoms. The van der Waals surface area contributed by atoms with E-state index in [1.165, 1.54) is 12.1 Å². The average Bonchev–Trinajstić information content (AvgIpc) is 2.65. The summed E-state index contributed by atoms with van der Waals surface area (Å²) in [6.07, 6.45) is 0. The number of benzene rings is 1. The second-order valence-electron chi connectivity index (χ2n) is 3.11. The number of anilines is 1. The number of phenolic OH excluding ortho intramolecular Hbond substituents is 2. The number of hydrogen-bond donors (Lipinski definition) is 3. The third kappa shape index (κ3) is 1.50. The van der Waals surface area contributed by atoms with Gasteiger partial charge in [0.05, 0.1) is 11.1 Å². The van der Waals surface area contributed by atoms with Crippen molar-refractivity contribution < 1.29 is 14.7 Å². The molecule has 0 radical (unpaired) electrons. The maximum Gasteiger partial charge on any atom is 0.172 e. The Labute approximate surface area is 90.1 Å². The molecule has 2 aromatic rings. The van der Waals surface area contributed by atoms with E-state index < -0.39 is 0 Å². The van der Waals surface area contributed by atoms with E-state index in [-0.39, 0.29) is 34.2 Å². The van der Waals surface area contributed by atoms with Crippen LogP contribution in [-0.4, -0.2) is 15.4 Å². The third-order valence-corrected chi connectivity index (χ3v) is 2.03. The number of phenols is 2. The molecule has 4 N–H and O–H groups in total. The van der Waals surface area contributed by atoms with Gasteiger partial charge in [0.2, 0.25) is 0 Å². The maximum atomic E-state index is 9.58. The fourth-order valence-corrected chi connectivity index (χ4v) is 1.28. The highest BCUT2D eigenvalue weighted by Gasteiger charge is 2.13. The Bertz CT molecular complexity index is 583. The van der Waals surface area contributed by atoms with Crippen molar-refractivity contribution in [2.24, 2.45) is 0 Å². The van der Waals surface area contributed by atoms with E-state index in [9.17, 15) is 10.2 Å². The van der Waals surface area contributed by atoms with Crippen LogP contribution in [0.3, 0.4) is 0 Å². The molecule has 0 aliphatic rings. The molecule has 2 rings (SSSR count). The molecule has 6 heteroatoms. The highest BCUT2D eigenvalue weighted by atomic mass is 16.5. The van der Waals surface area contributed by atoms with Gasteiger partial charge in [0.1, 0.15) is 17.6 Å². The van der Waals surface area contributed by atoms with Gasteiger partial charge in [0.25, 0.3) is 0 Å². The second-order valence-corrected chi connectivity index (χ2v) is 3.11. The lowest BCUT2D eigenvalue weighted by atomic mass is 10.1. The summed E-state index contributed by atoms with van der Waals surface area (Å²) < 4.78 is 4.84. The first-order valence-electron chi connectivity index (χ1n) is 4.30. The summed E-state index contributed by atoms with van der Waals surface area (Å²) in [5, 5.41) is 31.1. The number of nitrogens with two attached hydrogens (primary N) is 1. The molecule has 80 valence electrons. The average molecular weight is 217 g/mol. The normalized spacial score (nSPS) is 9.94. The predicted molar refractivity (Wildman–Crippen MR) is 54.4 cm³/mol. The van der Waals surface area contributed by atoms with Crippen LogP contribution in [0.25, 0.3) is 11.3 Å². The van der Waals surface area contributed by atoms with Gasteiger partial charge in [-0.25, -0.2) is 0 Å². The molecule has 0 saturated carbocycles. The van der Waals surface area contributed by atoms with Gasteiger partial charge in [-0.1, -0.05) is 5.16 Å². The van der Waals surface area contributed by atoms with Crippen LogP contribution in [0, 0.1) is 11.3 Å². The Morgan fingerprint density at radius 3 is 2.56 bits per heavy atom. The Balaban J connectivity index is 2.62. The lowest BCUT2D eigenvalue weighted by Gasteiger charge is -2.02. The molecular weight excluding hydrogens is 210 g/mol. The number of aromatic hydroxyl groups is 2. The highest BCUT2D eigenvalue weighted by Crippen LogP contribution is 2.35. The molecule has 1 heterocycles. The first kappa shape index (κ1) is 9.86. The molecule has 0 amide bonds. The van der Waals surface area contributed by atoms with E-state index in [4.69, 9.17) is 15.5 Å². The fourth-order valence-electron chi connectivity index (χ4n) is 1.28. The zero-order valence-electron chi connectivity index (χ0n) is 8.01. The first-order chi connectivity index (χ1) is 7.61. The first-order valence-corrected chi connectivity index (χ1v) is 4.30. The molecule has 0 bridgehead atoms. The molecule has 16 heavy (non-hydrogen) atoms. The summed E-state index contributed by atoms with van der Waals surface area (Å²) in [5.74, 6) is -0.114. The van der Waals surface area contributed by atoms with Crippen LogP contribution in [0.2, 0.25) is 0 Å². The summed E-state index contributed by atoms with van der Waals surface area (Å²) >= 11 is 0. The Morgan fingerprint density at radius 2 is 2.00 bits per heavy atom. The summed E-state index contributed by atoms with van der Waals surface area (Å²) in [7, 11) is 0. The minimum absolute atomic E-state index is 0.0303. The minimum atomic E-state index is -0.295. The van der Waals surface area contributed by atoms with Crippen molar-refractivity contribution in [3.8, 4) is 28.9 Å².